The summed E-state index contributed by atoms with van der Waals surface area (Å²) in [7, 11) is -3.63. The standard InChI is InChI=1S/C11H20ClN3O3S/c1-4-15(6-7-18-5-2)19(16,17)11-10(8-12)9(3)13-14-11/h4-8H2,1-3H3,(H,13,14). The fourth-order valence-corrected chi connectivity index (χ4v) is 3.69. The molecule has 0 aromatic carbocycles. The summed E-state index contributed by atoms with van der Waals surface area (Å²) in [5, 5.41) is 6.56. The van der Waals surface area contributed by atoms with Crippen LogP contribution < -0.4 is 0 Å². The van der Waals surface area contributed by atoms with E-state index in [0.29, 0.717) is 37.6 Å². The van der Waals surface area contributed by atoms with Crippen molar-refractivity contribution in [2.24, 2.45) is 0 Å². The Bertz CT molecular complexity index is 501. The van der Waals surface area contributed by atoms with E-state index in [1.54, 1.807) is 13.8 Å². The normalized spacial score (nSPS) is 12.3. The van der Waals surface area contributed by atoms with Crippen molar-refractivity contribution in [3.8, 4) is 0 Å². The van der Waals surface area contributed by atoms with Crippen molar-refractivity contribution in [1.82, 2.24) is 14.5 Å². The quantitative estimate of drug-likeness (QED) is 0.583. The van der Waals surface area contributed by atoms with E-state index in [-0.39, 0.29) is 10.9 Å². The van der Waals surface area contributed by atoms with Gasteiger partial charge in [0.1, 0.15) is 0 Å². The third kappa shape index (κ3) is 3.68. The molecule has 0 saturated heterocycles. The van der Waals surface area contributed by atoms with E-state index in [4.69, 9.17) is 16.3 Å². The van der Waals surface area contributed by atoms with E-state index in [1.807, 2.05) is 6.92 Å². The lowest BCUT2D eigenvalue weighted by molar-refractivity contribution is 0.135. The van der Waals surface area contributed by atoms with Gasteiger partial charge in [-0.15, -0.1) is 11.6 Å². The maximum Gasteiger partial charge on any atom is 0.262 e. The SMILES string of the molecule is CCOCCN(CC)S(=O)(=O)c1n[nH]c(C)c1CCl. The molecule has 6 nitrogen and oxygen atoms in total. The molecule has 1 N–H and O–H groups in total. The number of H-pyrrole nitrogens is 1. The minimum Gasteiger partial charge on any atom is -0.380 e. The molecule has 19 heavy (non-hydrogen) atoms. The van der Waals surface area contributed by atoms with Gasteiger partial charge in [0, 0.05) is 31.0 Å². The second-order valence-electron chi connectivity index (χ2n) is 3.96. The Morgan fingerprint density at radius 2 is 2.11 bits per heavy atom. The van der Waals surface area contributed by atoms with Crippen LogP contribution in [0.3, 0.4) is 0 Å². The highest BCUT2D eigenvalue weighted by atomic mass is 35.5. The highest BCUT2D eigenvalue weighted by Crippen LogP contribution is 2.21. The van der Waals surface area contributed by atoms with Crippen LogP contribution in [0.1, 0.15) is 25.1 Å². The van der Waals surface area contributed by atoms with Crippen LogP contribution in [0.2, 0.25) is 0 Å². The third-order valence-electron chi connectivity index (χ3n) is 2.80. The van der Waals surface area contributed by atoms with Gasteiger partial charge in [0.2, 0.25) is 0 Å². The van der Waals surface area contributed by atoms with Crippen LogP contribution in [0, 0.1) is 6.92 Å². The summed E-state index contributed by atoms with van der Waals surface area (Å²) in [6.07, 6.45) is 0. The molecule has 0 amide bonds. The fraction of sp³-hybridized carbons (Fsp3) is 0.727. The molecule has 1 aromatic rings. The number of aromatic nitrogens is 2. The van der Waals surface area contributed by atoms with Crippen molar-refractivity contribution in [3.05, 3.63) is 11.3 Å². The highest BCUT2D eigenvalue weighted by molar-refractivity contribution is 7.89. The van der Waals surface area contributed by atoms with Crippen molar-refractivity contribution in [1.29, 1.82) is 0 Å². The molecule has 0 aliphatic carbocycles. The molecule has 0 bridgehead atoms. The minimum absolute atomic E-state index is 0.0124. The van der Waals surface area contributed by atoms with Crippen molar-refractivity contribution in [2.75, 3.05) is 26.3 Å². The Labute approximate surface area is 119 Å². The number of aryl methyl sites for hydroxylation is 1. The first kappa shape index (κ1) is 16.4. The molecule has 0 saturated carbocycles. The van der Waals surface area contributed by atoms with Crippen molar-refractivity contribution >= 4 is 21.6 Å². The molecule has 0 radical (unpaired) electrons. The summed E-state index contributed by atoms with van der Waals surface area (Å²) >= 11 is 5.79. The zero-order valence-electron chi connectivity index (χ0n) is 11.4. The summed E-state index contributed by atoms with van der Waals surface area (Å²) in [6.45, 7) is 7.00. The molecule has 0 aliphatic rings. The van der Waals surface area contributed by atoms with Gasteiger partial charge in [-0.1, -0.05) is 6.92 Å². The van der Waals surface area contributed by atoms with Gasteiger partial charge in [0.15, 0.2) is 5.03 Å². The van der Waals surface area contributed by atoms with Crippen LogP contribution in [0.5, 0.6) is 0 Å². The van der Waals surface area contributed by atoms with E-state index in [1.165, 1.54) is 4.31 Å². The van der Waals surface area contributed by atoms with Crippen molar-refractivity contribution < 1.29 is 13.2 Å². The summed E-state index contributed by atoms with van der Waals surface area (Å²) < 4.78 is 31.5. The first-order chi connectivity index (χ1) is 8.98. The number of likely N-dealkylation sites (N-methyl/N-ethyl adjacent to an activating group) is 1. The van der Waals surface area contributed by atoms with Gasteiger partial charge >= 0.3 is 0 Å². The molecule has 110 valence electrons. The minimum atomic E-state index is -3.63. The van der Waals surface area contributed by atoms with Crippen LogP contribution >= 0.6 is 11.6 Å². The van der Waals surface area contributed by atoms with Crippen molar-refractivity contribution in [2.45, 2.75) is 31.7 Å². The van der Waals surface area contributed by atoms with E-state index < -0.39 is 10.0 Å². The number of alkyl halides is 1. The van der Waals surface area contributed by atoms with Crippen LogP contribution in [-0.4, -0.2) is 49.2 Å². The lowest BCUT2D eigenvalue weighted by Crippen LogP contribution is -2.34. The van der Waals surface area contributed by atoms with Gasteiger partial charge in [0.25, 0.3) is 10.0 Å². The zero-order valence-corrected chi connectivity index (χ0v) is 13.0. The molecule has 1 heterocycles. The molecule has 0 atom stereocenters. The Balaban J connectivity index is 2.99. The number of halogens is 1. The summed E-state index contributed by atoms with van der Waals surface area (Å²) in [6, 6.07) is 0. The topological polar surface area (TPSA) is 75.3 Å². The average Bonchev–Trinajstić information content (AvgIpc) is 2.76. The van der Waals surface area contributed by atoms with Gasteiger partial charge in [-0.2, -0.15) is 9.40 Å². The Kier molecular flexibility index (Phi) is 6.25. The number of nitrogens with one attached hydrogen (secondary N) is 1. The molecule has 0 fully saturated rings. The molecular formula is C11H20ClN3O3S. The number of sulfonamides is 1. The molecule has 0 aliphatic heterocycles. The Morgan fingerprint density at radius 1 is 1.42 bits per heavy atom. The van der Waals surface area contributed by atoms with E-state index in [2.05, 4.69) is 10.2 Å². The van der Waals surface area contributed by atoms with Gasteiger partial charge < -0.3 is 4.74 Å². The Morgan fingerprint density at radius 3 is 2.63 bits per heavy atom. The maximum atomic E-state index is 12.5. The lowest BCUT2D eigenvalue weighted by Gasteiger charge is -2.19. The Hall–Kier alpha value is -0.630. The molecule has 1 rings (SSSR count). The second kappa shape index (κ2) is 7.23. The average molecular weight is 310 g/mol. The van der Waals surface area contributed by atoms with Crippen LogP contribution in [0.15, 0.2) is 5.03 Å². The van der Waals surface area contributed by atoms with Gasteiger partial charge in [0.05, 0.1) is 12.5 Å². The lowest BCUT2D eigenvalue weighted by atomic mass is 10.3. The van der Waals surface area contributed by atoms with Gasteiger partial charge in [-0.25, -0.2) is 8.42 Å². The molecule has 0 spiro atoms. The first-order valence-corrected chi connectivity index (χ1v) is 8.14. The molecule has 1 aromatic heterocycles. The molecule has 0 unspecified atom stereocenters. The second-order valence-corrected chi connectivity index (χ2v) is 6.08. The van der Waals surface area contributed by atoms with Gasteiger partial charge in [-0.3, -0.25) is 5.10 Å². The number of aromatic amines is 1. The number of hydrogen-bond donors (Lipinski definition) is 1. The zero-order chi connectivity index (χ0) is 14.5. The predicted octanol–water partition coefficient (Wildman–Crippen LogP) is 1.50. The van der Waals surface area contributed by atoms with Crippen LogP contribution in [0.4, 0.5) is 0 Å². The first-order valence-electron chi connectivity index (χ1n) is 6.16. The third-order valence-corrected chi connectivity index (χ3v) is 5.01. The number of hydrogen-bond acceptors (Lipinski definition) is 4. The van der Waals surface area contributed by atoms with Crippen LogP contribution in [-0.2, 0) is 20.6 Å². The van der Waals surface area contributed by atoms with Crippen LogP contribution in [0.25, 0.3) is 0 Å². The number of ether oxygens (including phenoxy) is 1. The summed E-state index contributed by atoms with van der Waals surface area (Å²) in [5.41, 5.74) is 1.20. The predicted molar refractivity (Wildman–Crippen MR) is 73.8 cm³/mol. The monoisotopic (exact) mass is 309 g/mol. The number of nitrogens with zero attached hydrogens (tertiary/aromatic N) is 2. The largest absolute Gasteiger partial charge is 0.380 e. The molecular weight excluding hydrogens is 290 g/mol. The van der Waals surface area contributed by atoms with E-state index >= 15 is 0 Å². The summed E-state index contributed by atoms with van der Waals surface area (Å²) in [5.74, 6) is 0.111. The fourth-order valence-electron chi connectivity index (χ4n) is 1.68. The van der Waals surface area contributed by atoms with E-state index in [9.17, 15) is 8.42 Å². The van der Waals surface area contributed by atoms with E-state index in [0.717, 1.165) is 0 Å². The van der Waals surface area contributed by atoms with Crippen molar-refractivity contribution in [3.63, 3.8) is 0 Å². The smallest absolute Gasteiger partial charge is 0.262 e. The van der Waals surface area contributed by atoms with Gasteiger partial charge in [-0.05, 0) is 13.8 Å². The summed E-state index contributed by atoms with van der Waals surface area (Å²) in [4.78, 5) is 0. The number of rotatable bonds is 8. The maximum absolute atomic E-state index is 12.5. The highest BCUT2D eigenvalue weighted by Gasteiger charge is 2.29. The molecule has 8 heteroatoms.